The van der Waals surface area contributed by atoms with Crippen molar-refractivity contribution in [2.45, 2.75) is 18.5 Å². The summed E-state index contributed by atoms with van der Waals surface area (Å²) >= 11 is 0. The van der Waals surface area contributed by atoms with Gasteiger partial charge in [0.1, 0.15) is 0 Å². The molecule has 0 N–H and O–H groups in total. The van der Waals surface area contributed by atoms with Crippen molar-refractivity contribution in [3.63, 3.8) is 0 Å². The molecule has 1 rings (SSSR count). The van der Waals surface area contributed by atoms with Crippen molar-refractivity contribution in [1.82, 2.24) is 0 Å². The molecule has 0 heterocycles. The molecule has 0 bridgehead atoms. The second kappa shape index (κ2) is 4.19. The lowest BCUT2D eigenvalue weighted by Gasteiger charge is -2.14. The van der Waals surface area contributed by atoms with Gasteiger partial charge in [-0.15, -0.1) is 0 Å². The van der Waals surface area contributed by atoms with E-state index in [0.29, 0.717) is 6.07 Å². The third kappa shape index (κ3) is 3.01. The predicted molar refractivity (Wildman–Crippen MR) is 46.2 cm³/mol. The summed E-state index contributed by atoms with van der Waals surface area (Å²) in [5.41, 5.74) is -1.73. The zero-order valence-corrected chi connectivity index (χ0v) is 7.89. The van der Waals surface area contributed by atoms with Crippen LogP contribution in [0.25, 0.3) is 0 Å². The van der Waals surface area contributed by atoms with Crippen LogP contribution in [0.5, 0.6) is 0 Å². The van der Waals surface area contributed by atoms with Gasteiger partial charge < -0.3 is 0 Å². The van der Waals surface area contributed by atoms with E-state index in [9.17, 15) is 26.7 Å². The van der Waals surface area contributed by atoms with E-state index < -0.39 is 35.9 Å². The van der Waals surface area contributed by atoms with E-state index in [1.165, 1.54) is 6.07 Å². The Morgan fingerprint density at radius 3 is 2.12 bits per heavy atom. The van der Waals surface area contributed by atoms with Crippen LogP contribution in [-0.4, -0.2) is 12.2 Å². The summed E-state index contributed by atoms with van der Waals surface area (Å²) in [6.45, 7) is 0. The smallest absolute Gasteiger partial charge is 0.297 e. The van der Waals surface area contributed by atoms with Crippen LogP contribution in [-0.2, 0) is 17.4 Å². The Kier molecular flexibility index (Phi) is 3.30. The van der Waals surface area contributed by atoms with Gasteiger partial charge in [-0.3, -0.25) is 4.79 Å². The van der Waals surface area contributed by atoms with Crippen LogP contribution in [0.15, 0.2) is 24.3 Å². The van der Waals surface area contributed by atoms with Crippen molar-refractivity contribution in [2.24, 2.45) is 0 Å². The number of carbonyl (C=O) groups is 1. The summed E-state index contributed by atoms with van der Waals surface area (Å²) in [4.78, 5) is 9.96. The molecule has 16 heavy (non-hydrogen) atoms. The number of carbonyl (C=O) groups excluding carboxylic acids is 1. The minimum Gasteiger partial charge on any atom is -0.297 e. The second-order valence-corrected chi connectivity index (χ2v) is 3.21. The predicted octanol–water partition coefficient (Wildman–Crippen LogP) is 3.08. The first-order valence-electron chi connectivity index (χ1n) is 4.25. The summed E-state index contributed by atoms with van der Waals surface area (Å²) in [6, 6.07) is 3.95. The first-order chi connectivity index (χ1) is 7.26. The highest BCUT2D eigenvalue weighted by atomic mass is 19.4. The van der Waals surface area contributed by atoms with Gasteiger partial charge in [-0.25, -0.2) is 0 Å². The number of rotatable bonds is 3. The molecule has 0 saturated carbocycles. The maximum absolute atomic E-state index is 12.7. The Bertz CT molecular complexity index is 383. The van der Waals surface area contributed by atoms with Crippen LogP contribution in [0.1, 0.15) is 11.1 Å². The molecule has 0 radical (unpaired) electrons. The average Bonchev–Trinajstić information content (AvgIpc) is 2.16. The van der Waals surface area contributed by atoms with E-state index in [2.05, 4.69) is 0 Å². The van der Waals surface area contributed by atoms with E-state index in [4.69, 9.17) is 0 Å². The van der Waals surface area contributed by atoms with E-state index in [1.807, 2.05) is 0 Å². The molecule has 0 saturated heterocycles. The molecule has 1 nitrogen and oxygen atoms in total. The molecule has 0 atom stereocenters. The molecule has 0 aliphatic heterocycles. The number of halogens is 5. The number of hydrogen-bond acceptors (Lipinski definition) is 1. The Balaban J connectivity index is 3.10. The summed E-state index contributed by atoms with van der Waals surface area (Å²) in [7, 11) is 0. The third-order valence-corrected chi connectivity index (χ3v) is 1.92. The standard InChI is InChI=1S/C10H7F5O/c11-9(12,6-16)5-7-3-1-2-4-8(7)10(13,14)15/h1-4,6H,5H2. The van der Waals surface area contributed by atoms with Crippen molar-refractivity contribution in [3.05, 3.63) is 35.4 Å². The van der Waals surface area contributed by atoms with Gasteiger partial charge in [0.05, 0.1) is 5.56 Å². The number of alkyl halides is 5. The van der Waals surface area contributed by atoms with E-state index in [-0.39, 0.29) is 0 Å². The van der Waals surface area contributed by atoms with Crippen LogP contribution in [0.3, 0.4) is 0 Å². The Morgan fingerprint density at radius 1 is 1.06 bits per heavy atom. The molecular formula is C10H7F5O. The molecule has 1 aromatic carbocycles. The van der Waals surface area contributed by atoms with E-state index in [1.54, 1.807) is 0 Å². The zero-order valence-electron chi connectivity index (χ0n) is 7.89. The van der Waals surface area contributed by atoms with Crippen molar-refractivity contribution in [3.8, 4) is 0 Å². The number of hydrogen-bond donors (Lipinski definition) is 0. The molecular weight excluding hydrogens is 231 g/mol. The summed E-state index contributed by atoms with van der Waals surface area (Å²) < 4.78 is 62.5. The van der Waals surface area contributed by atoms with Crippen molar-refractivity contribution in [1.29, 1.82) is 0 Å². The average molecular weight is 238 g/mol. The normalized spacial score (nSPS) is 12.6. The quantitative estimate of drug-likeness (QED) is 0.584. The molecule has 0 aliphatic rings. The highest BCUT2D eigenvalue weighted by Crippen LogP contribution is 2.33. The van der Waals surface area contributed by atoms with Crippen molar-refractivity contribution in [2.75, 3.05) is 0 Å². The number of aldehydes is 1. The minimum absolute atomic E-state index is 0.591. The van der Waals surface area contributed by atoms with Gasteiger partial charge in [0.25, 0.3) is 0 Å². The fourth-order valence-electron chi connectivity index (χ4n) is 1.25. The van der Waals surface area contributed by atoms with E-state index >= 15 is 0 Å². The maximum Gasteiger partial charge on any atom is 0.416 e. The monoisotopic (exact) mass is 238 g/mol. The minimum atomic E-state index is -4.70. The Morgan fingerprint density at radius 2 is 1.62 bits per heavy atom. The molecule has 88 valence electrons. The molecule has 0 spiro atoms. The fraction of sp³-hybridized carbons (Fsp3) is 0.300. The number of benzene rings is 1. The topological polar surface area (TPSA) is 17.1 Å². The first kappa shape index (κ1) is 12.6. The van der Waals surface area contributed by atoms with Crippen LogP contribution in [0.2, 0.25) is 0 Å². The Hall–Kier alpha value is -1.46. The molecule has 1 aromatic rings. The van der Waals surface area contributed by atoms with Crippen LogP contribution < -0.4 is 0 Å². The molecule has 6 heteroatoms. The van der Waals surface area contributed by atoms with Gasteiger partial charge in [0, 0.05) is 6.42 Å². The maximum atomic E-state index is 12.7. The fourth-order valence-corrected chi connectivity index (χ4v) is 1.25. The zero-order chi connectivity index (χ0) is 12.4. The highest BCUT2D eigenvalue weighted by molar-refractivity contribution is 5.60. The largest absolute Gasteiger partial charge is 0.416 e. The summed E-state index contributed by atoms with van der Waals surface area (Å²) in [5, 5.41) is 0. The van der Waals surface area contributed by atoms with Crippen LogP contribution in [0, 0.1) is 0 Å². The van der Waals surface area contributed by atoms with Crippen molar-refractivity contribution < 1.29 is 26.7 Å². The van der Waals surface area contributed by atoms with Gasteiger partial charge in [-0.2, -0.15) is 22.0 Å². The molecule has 0 fully saturated rings. The third-order valence-electron chi connectivity index (χ3n) is 1.92. The first-order valence-corrected chi connectivity index (χ1v) is 4.25. The summed E-state index contributed by atoms with van der Waals surface area (Å²) in [6.07, 6.45) is -6.60. The lowest BCUT2D eigenvalue weighted by molar-refractivity contribution is -0.140. The van der Waals surface area contributed by atoms with Gasteiger partial charge in [0.15, 0.2) is 6.29 Å². The second-order valence-electron chi connectivity index (χ2n) is 3.21. The van der Waals surface area contributed by atoms with Gasteiger partial charge >= 0.3 is 12.1 Å². The van der Waals surface area contributed by atoms with Crippen molar-refractivity contribution >= 4 is 6.29 Å². The molecule has 0 aliphatic carbocycles. The van der Waals surface area contributed by atoms with Crippen LogP contribution in [0.4, 0.5) is 22.0 Å². The molecule has 0 unspecified atom stereocenters. The Labute approximate surface area is 87.9 Å². The lowest BCUT2D eigenvalue weighted by Crippen LogP contribution is -2.23. The van der Waals surface area contributed by atoms with Gasteiger partial charge in [0.2, 0.25) is 0 Å². The summed E-state index contributed by atoms with van der Waals surface area (Å²) in [5.74, 6) is -3.78. The van der Waals surface area contributed by atoms with Gasteiger partial charge in [-0.05, 0) is 11.6 Å². The highest BCUT2D eigenvalue weighted by Gasteiger charge is 2.37. The van der Waals surface area contributed by atoms with Crippen LogP contribution >= 0.6 is 0 Å². The molecule has 0 aromatic heterocycles. The lowest BCUT2D eigenvalue weighted by atomic mass is 10.0. The SMILES string of the molecule is O=CC(F)(F)Cc1ccccc1C(F)(F)F. The van der Waals surface area contributed by atoms with E-state index in [0.717, 1.165) is 12.1 Å². The molecule has 0 amide bonds. The van der Waals surface area contributed by atoms with Gasteiger partial charge in [-0.1, -0.05) is 18.2 Å².